The van der Waals surface area contributed by atoms with E-state index in [0.717, 1.165) is 30.8 Å². The van der Waals surface area contributed by atoms with Crippen LogP contribution < -0.4 is 10.6 Å². The van der Waals surface area contributed by atoms with Crippen LogP contribution in [-0.4, -0.2) is 18.2 Å². The fraction of sp³-hybridized carbons (Fsp3) is 0.578. The van der Waals surface area contributed by atoms with Gasteiger partial charge in [-0.25, -0.2) is 0 Å². The summed E-state index contributed by atoms with van der Waals surface area (Å²) in [7, 11) is 0. The standard InChI is InChI=1S/C45H57N3/c46-30-31-20-22-33(23-21-31)40-29-28-32-12-10-11-19-39(32)41(40)35-24-26-37(27-25-35)44-42(34-13-4-1-5-14-34)43(36-15-6-2-7-16-36)47-45(48-44)38-17-8-3-9-18-38/h6,8,15-17,20,22,24,26-27,34-35,38,42-45,47-48H,1-5,7,9-14,18-19,21,23,25,28-29H2. The van der Waals surface area contributed by atoms with Crippen LogP contribution >= 0.6 is 0 Å². The van der Waals surface area contributed by atoms with Crippen LogP contribution in [-0.2, 0) is 0 Å². The van der Waals surface area contributed by atoms with Gasteiger partial charge in [0.25, 0.3) is 0 Å². The first kappa shape index (κ1) is 32.3. The van der Waals surface area contributed by atoms with Crippen molar-refractivity contribution in [3.63, 3.8) is 0 Å². The van der Waals surface area contributed by atoms with Crippen LogP contribution in [0.5, 0.6) is 0 Å². The van der Waals surface area contributed by atoms with E-state index in [1.165, 1.54) is 108 Å². The highest BCUT2D eigenvalue weighted by atomic mass is 15.2. The lowest BCUT2D eigenvalue weighted by atomic mass is 9.66. The average Bonchev–Trinajstić information content (AvgIpc) is 3.18. The van der Waals surface area contributed by atoms with Crippen LogP contribution in [0.1, 0.15) is 122 Å². The van der Waals surface area contributed by atoms with Crippen molar-refractivity contribution < 1.29 is 0 Å². The highest BCUT2D eigenvalue weighted by Crippen LogP contribution is 2.48. The molecule has 7 aliphatic carbocycles. The van der Waals surface area contributed by atoms with Gasteiger partial charge < -0.3 is 0 Å². The first-order valence-corrected chi connectivity index (χ1v) is 19.9. The van der Waals surface area contributed by atoms with Crippen molar-refractivity contribution >= 4 is 0 Å². The van der Waals surface area contributed by atoms with E-state index in [0.29, 0.717) is 36.0 Å². The molecule has 8 rings (SSSR count). The molecule has 0 amide bonds. The minimum absolute atomic E-state index is 0.312. The van der Waals surface area contributed by atoms with Crippen LogP contribution in [0.4, 0.5) is 0 Å². The number of hydrogen-bond donors (Lipinski definition) is 2. The van der Waals surface area contributed by atoms with Crippen LogP contribution in [0, 0.1) is 35.0 Å². The summed E-state index contributed by atoms with van der Waals surface area (Å²) < 4.78 is 0. The summed E-state index contributed by atoms with van der Waals surface area (Å²) in [6, 6.07) is 3.20. The Labute approximate surface area is 290 Å². The number of nitrogens with zero attached hydrogens (tertiary/aromatic N) is 1. The molecule has 0 spiro atoms. The molecule has 1 saturated heterocycles. The van der Waals surface area contributed by atoms with Gasteiger partial charge in [-0.15, -0.1) is 0 Å². The molecule has 0 bridgehead atoms. The maximum atomic E-state index is 9.51. The minimum atomic E-state index is 0.312. The van der Waals surface area contributed by atoms with E-state index in [-0.39, 0.29) is 0 Å². The Morgan fingerprint density at radius 3 is 2.23 bits per heavy atom. The Kier molecular flexibility index (Phi) is 10.0. The lowest BCUT2D eigenvalue weighted by molar-refractivity contribution is 0.102. The van der Waals surface area contributed by atoms with Crippen molar-refractivity contribution in [1.29, 1.82) is 5.26 Å². The van der Waals surface area contributed by atoms with Gasteiger partial charge >= 0.3 is 0 Å². The quantitative estimate of drug-likeness (QED) is 0.284. The van der Waals surface area contributed by atoms with Crippen LogP contribution in [0.25, 0.3) is 0 Å². The summed E-state index contributed by atoms with van der Waals surface area (Å²) in [6.07, 6.45) is 48.7. The van der Waals surface area contributed by atoms with E-state index in [9.17, 15) is 5.26 Å². The van der Waals surface area contributed by atoms with Gasteiger partial charge in [0.2, 0.25) is 0 Å². The zero-order chi connectivity index (χ0) is 32.3. The molecule has 3 heteroatoms. The minimum Gasteiger partial charge on any atom is -0.294 e. The summed E-state index contributed by atoms with van der Waals surface area (Å²) in [6.45, 7) is 0. The normalized spacial score (nSPS) is 34.6. The molecule has 1 aliphatic heterocycles. The fourth-order valence-corrected chi connectivity index (χ4v) is 10.8. The van der Waals surface area contributed by atoms with Crippen molar-refractivity contribution in [3.8, 4) is 6.07 Å². The molecule has 6 unspecified atom stereocenters. The Morgan fingerprint density at radius 2 is 1.52 bits per heavy atom. The largest absolute Gasteiger partial charge is 0.294 e. The van der Waals surface area contributed by atoms with Gasteiger partial charge in [-0.2, -0.15) is 5.26 Å². The molecule has 2 fully saturated rings. The number of nitriles is 1. The molecule has 0 aromatic rings. The molecule has 3 nitrogen and oxygen atoms in total. The number of nitrogens with one attached hydrogen (secondary N) is 2. The van der Waals surface area contributed by atoms with Gasteiger partial charge in [-0.05, 0) is 135 Å². The van der Waals surface area contributed by atoms with Crippen LogP contribution in [0.3, 0.4) is 0 Å². The Bertz CT molecular complexity index is 1560. The molecule has 0 radical (unpaired) electrons. The topological polar surface area (TPSA) is 47.9 Å². The summed E-state index contributed by atoms with van der Waals surface area (Å²) in [5, 5.41) is 18.1. The van der Waals surface area contributed by atoms with E-state index in [4.69, 9.17) is 0 Å². The third-order valence-electron chi connectivity index (χ3n) is 13.2. The highest BCUT2D eigenvalue weighted by Gasteiger charge is 2.45. The molecular formula is C45H57N3. The van der Waals surface area contributed by atoms with Gasteiger partial charge in [-0.1, -0.05) is 92.4 Å². The van der Waals surface area contributed by atoms with Gasteiger partial charge in [0, 0.05) is 35.4 Å². The van der Waals surface area contributed by atoms with Crippen molar-refractivity contribution in [2.45, 2.75) is 140 Å². The van der Waals surface area contributed by atoms with Gasteiger partial charge in [0.1, 0.15) is 0 Å². The summed E-state index contributed by atoms with van der Waals surface area (Å²) in [5.41, 5.74) is 12.3. The summed E-state index contributed by atoms with van der Waals surface area (Å²) in [5.74, 6) is 2.34. The Balaban J connectivity index is 1.14. The van der Waals surface area contributed by atoms with Gasteiger partial charge in [0.05, 0.1) is 12.2 Å². The van der Waals surface area contributed by atoms with Crippen molar-refractivity contribution in [3.05, 3.63) is 105 Å². The van der Waals surface area contributed by atoms with Crippen LogP contribution in [0.2, 0.25) is 0 Å². The number of allylic oxidation sites excluding steroid dienone is 13. The lowest BCUT2D eigenvalue weighted by Gasteiger charge is -2.51. The predicted octanol–water partition coefficient (Wildman–Crippen LogP) is 10.7. The second-order valence-corrected chi connectivity index (χ2v) is 16.0. The lowest BCUT2D eigenvalue weighted by Crippen LogP contribution is -2.67. The zero-order valence-electron chi connectivity index (χ0n) is 29.2. The zero-order valence-corrected chi connectivity index (χ0v) is 29.2. The maximum Gasteiger partial charge on any atom is 0.0947 e. The molecule has 2 N–H and O–H groups in total. The first-order valence-electron chi connectivity index (χ1n) is 19.9. The predicted molar refractivity (Wildman–Crippen MR) is 199 cm³/mol. The Hall–Kier alpha value is -2.93. The second kappa shape index (κ2) is 14.9. The van der Waals surface area contributed by atoms with Gasteiger partial charge in [0.15, 0.2) is 0 Å². The first-order chi connectivity index (χ1) is 23.8. The molecule has 0 aromatic heterocycles. The van der Waals surface area contributed by atoms with Gasteiger partial charge in [-0.3, -0.25) is 10.6 Å². The third-order valence-corrected chi connectivity index (χ3v) is 13.2. The molecule has 6 atom stereocenters. The van der Waals surface area contributed by atoms with E-state index >= 15 is 0 Å². The molecule has 1 heterocycles. The van der Waals surface area contributed by atoms with Crippen LogP contribution in [0.15, 0.2) is 105 Å². The van der Waals surface area contributed by atoms with Crippen molar-refractivity contribution in [1.82, 2.24) is 10.6 Å². The maximum absolute atomic E-state index is 9.51. The van der Waals surface area contributed by atoms with Crippen molar-refractivity contribution in [2.24, 2.45) is 23.7 Å². The van der Waals surface area contributed by atoms with Crippen molar-refractivity contribution in [2.75, 3.05) is 0 Å². The molecule has 8 aliphatic rings. The third kappa shape index (κ3) is 6.65. The summed E-state index contributed by atoms with van der Waals surface area (Å²) >= 11 is 0. The molecular weight excluding hydrogens is 583 g/mol. The van der Waals surface area contributed by atoms with E-state index in [1.807, 2.05) is 0 Å². The average molecular weight is 640 g/mol. The molecule has 1 saturated carbocycles. The highest BCUT2D eigenvalue weighted by molar-refractivity contribution is 5.56. The number of rotatable bonds is 6. The number of hydrogen-bond acceptors (Lipinski definition) is 3. The second-order valence-electron chi connectivity index (χ2n) is 16.0. The molecule has 48 heavy (non-hydrogen) atoms. The SMILES string of the molecule is N#CC1=CC=C(C2=C(C3C=CC(C4NC(C5C=CCCC5)NC(C5=CCCC=C5)C4C4CCCCC4)=CC3)C3=C(CCCC3)CC2)CC1. The van der Waals surface area contributed by atoms with E-state index in [1.54, 1.807) is 33.4 Å². The fourth-order valence-electron chi connectivity index (χ4n) is 10.8. The monoisotopic (exact) mass is 639 g/mol. The van der Waals surface area contributed by atoms with E-state index < -0.39 is 0 Å². The smallest absolute Gasteiger partial charge is 0.0947 e. The summed E-state index contributed by atoms with van der Waals surface area (Å²) in [4.78, 5) is 0. The van der Waals surface area contributed by atoms with E-state index in [2.05, 4.69) is 77.5 Å². The molecule has 0 aromatic carbocycles. The molecule has 252 valence electrons. The Morgan fingerprint density at radius 1 is 0.667 bits per heavy atom.